The molecule has 158 valence electrons. The third kappa shape index (κ3) is 4.87. The van der Waals surface area contributed by atoms with Crippen molar-refractivity contribution in [2.75, 3.05) is 37.7 Å². The van der Waals surface area contributed by atoms with E-state index in [-0.39, 0.29) is 5.91 Å². The molecule has 0 saturated carbocycles. The molecule has 3 aromatic rings. The predicted octanol–water partition coefficient (Wildman–Crippen LogP) is 5.48. The second-order valence-electron chi connectivity index (χ2n) is 7.47. The number of benzene rings is 2. The molecule has 0 atom stereocenters. The van der Waals surface area contributed by atoms with Gasteiger partial charge in [-0.1, -0.05) is 48.8 Å². The van der Waals surface area contributed by atoms with Gasteiger partial charge in [-0.05, 0) is 42.8 Å². The second kappa shape index (κ2) is 9.67. The lowest BCUT2D eigenvalue weighted by molar-refractivity contribution is 0.0746. The fraction of sp³-hybridized carbons (Fsp3) is 0.391. The summed E-state index contributed by atoms with van der Waals surface area (Å²) in [4.78, 5) is 21.9. The van der Waals surface area contributed by atoms with E-state index < -0.39 is 0 Å². The minimum absolute atomic E-state index is 0.0599. The summed E-state index contributed by atoms with van der Waals surface area (Å²) in [6.07, 6.45) is 3.36. The molecule has 0 unspecified atom stereocenters. The van der Waals surface area contributed by atoms with Crippen LogP contribution in [-0.2, 0) is 0 Å². The van der Waals surface area contributed by atoms with Crippen molar-refractivity contribution >= 4 is 44.2 Å². The molecule has 0 bridgehead atoms. The van der Waals surface area contributed by atoms with Gasteiger partial charge in [0.15, 0.2) is 5.13 Å². The van der Waals surface area contributed by atoms with E-state index in [9.17, 15) is 4.79 Å². The maximum Gasteiger partial charge on any atom is 0.254 e. The molecule has 0 radical (unpaired) electrons. The molecule has 1 saturated heterocycles. The lowest BCUT2D eigenvalue weighted by Gasteiger charge is -2.34. The van der Waals surface area contributed by atoms with Crippen molar-refractivity contribution < 1.29 is 9.53 Å². The highest BCUT2D eigenvalue weighted by Gasteiger charge is 2.24. The number of unbranched alkanes of at least 4 members (excludes halogenated alkanes) is 2. The van der Waals surface area contributed by atoms with Crippen LogP contribution in [0.2, 0.25) is 5.02 Å². The molecule has 1 aromatic heterocycles. The largest absolute Gasteiger partial charge is 0.494 e. The summed E-state index contributed by atoms with van der Waals surface area (Å²) in [5, 5.41) is 1.71. The number of piperazine rings is 1. The van der Waals surface area contributed by atoms with Crippen molar-refractivity contribution in [2.24, 2.45) is 0 Å². The SMILES string of the molecule is CCCCCOc1cccc(C(=O)N2CCN(c3nc4ccc(Cl)cc4s3)CC2)c1. The molecule has 4 rings (SSSR count). The fourth-order valence-corrected chi connectivity index (χ4v) is 4.86. The van der Waals surface area contributed by atoms with Crippen LogP contribution in [0.5, 0.6) is 5.75 Å². The number of halogens is 1. The number of ether oxygens (including phenoxy) is 1. The van der Waals surface area contributed by atoms with E-state index in [1.165, 1.54) is 6.42 Å². The first-order valence-electron chi connectivity index (χ1n) is 10.5. The van der Waals surface area contributed by atoms with E-state index in [1.807, 2.05) is 47.4 Å². The van der Waals surface area contributed by atoms with Crippen LogP contribution in [0.25, 0.3) is 10.2 Å². The third-order valence-electron chi connectivity index (χ3n) is 5.27. The lowest BCUT2D eigenvalue weighted by atomic mass is 10.1. The van der Waals surface area contributed by atoms with E-state index in [4.69, 9.17) is 21.3 Å². The Hall–Kier alpha value is -2.31. The average Bonchev–Trinajstić information content (AvgIpc) is 3.20. The zero-order valence-corrected chi connectivity index (χ0v) is 18.7. The molecule has 1 fully saturated rings. The lowest BCUT2D eigenvalue weighted by Crippen LogP contribution is -2.48. The van der Waals surface area contributed by atoms with Crippen LogP contribution in [0, 0.1) is 0 Å². The highest BCUT2D eigenvalue weighted by molar-refractivity contribution is 7.22. The average molecular weight is 444 g/mol. The number of nitrogens with zero attached hydrogens (tertiary/aromatic N) is 3. The summed E-state index contributed by atoms with van der Waals surface area (Å²) in [5.74, 6) is 0.827. The van der Waals surface area contributed by atoms with E-state index in [2.05, 4.69) is 11.8 Å². The van der Waals surface area contributed by atoms with Gasteiger partial charge in [-0.15, -0.1) is 0 Å². The van der Waals surface area contributed by atoms with Crippen LogP contribution < -0.4 is 9.64 Å². The molecule has 1 aliphatic heterocycles. The van der Waals surface area contributed by atoms with Crippen molar-refractivity contribution in [1.82, 2.24) is 9.88 Å². The van der Waals surface area contributed by atoms with E-state index in [0.29, 0.717) is 25.3 Å². The maximum absolute atomic E-state index is 13.0. The van der Waals surface area contributed by atoms with E-state index >= 15 is 0 Å². The monoisotopic (exact) mass is 443 g/mol. The van der Waals surface area contributed by atoms with Gasteiger partial charge in [0.25, 0.3) is 5.91 Å². The number of amides is 1. The van der Waals surface area contributed by atoms with Gasteiger partial charge in [0, 0.05) is 36.8 Å². The van der Waals surface area contributed by atoms with Crippen molar-refractivity contribution in [1.29, 1.82) is 0 Å². The number of rotatable bonds is 7. The first-order valence-corrected chi connectivity index (χ1v) is 11.7. The summed E-state index contributed by atoms with van der Waals surface area (Å²) in [6, 6.07) is 13.3. The maximum atomic E-state index is 13.0. The standard InChI is InChI=1S/C23H26ClN3O2S/c1-2-3-4-14-29-19-7-5-6-17(15-19)22(28)26-10-12-27(13-11-26)23-25-20-9-8-18(24)16-21(20)30-23/h5-9,15-16H,2-4,10-14H2,1H3. The predicted molar refractivity (Wildman–Crippen MR) is 124 cm³/mol. The zero-order valence-electron chi connectivity index (χ0n) is 17.1. The Balaban J connectivity index is 1.35. The fourth-order valence-electron chi connectivity index (χ4n) is 3.57. The number of anilines is 1. The number of carbonyl (C=O) groups excluding carboxylic acids is 1. The molecule has 7 heteroatoms. The Bertz CT molecular complexity index is 1010. The van der Waals surface area contributed by atoms with Crippen LogP contribution in [-0.4, -0.2) is 48.6 Å². The number of aromatic nitrogens is 1. The summed E-state index contributed by atoms with van der Waals surface area (Å²) >= 11 is 7.74. The number of thiazole rings is 1. The summed E-state index contributed by atoms with van der Waals surface area (Å²) in [6.45, 7) is 5.76. The van der Waals surface area contributed by atoms with Gasteiger partial charge < -0.3 is 14.5 Å². The highest BCUT2D eigenvalue weighted by Crippen LogP contribution is 2.31. The molecule has 0 aliphatic carbocycles. The summed E-state index contributed by atoms with van der Waals surface area (Å²) in [5.41, 5.74) is 1.65. The number of hydrogen-bond donors (Lipinski definition) is 0. The molecule has 2 aromatic carbocycles. The second-order valence-corrected chi connectivity index (χ2v) is 8.92. The molecule has 0 spiro atoms. The summed E-state index contributed by atoms with van der Waals surface area (Å²) < 4.78 is 6.89. The molecule has 5 nitrogen and oxygen atoms in total. The van der Waals surface area contributed by atoms with Crippen LogP contribution in [0.3, 0.4) is 0 Å². The van der Waals surface area contributed by atoms with Gasteiger partial charge in [0.05, 0.1) is 16.8 Å². The Labute approximate surface area is 186 Å². The zero-order chi connectivity index (χ0) is 20.9. The quantitative estimate of drug-likeness (QED) is 0.453. The van der Waals surface area contributed by atoms with Crippen LogP contribution in [0.15, 0.2) is 42.5 Å². The van der Waals surface area contributed by atoms with Crippen molar-refractivity contribution in [2.45, 2.75) is 26.2 Å². The molecular formula is C23H26ClN3O2S. The van der Waals surface area contributed by atoms with Gasteiger partial charge in [-0.3, -0.25) is 4.79 Å². The molecular weight excluding hydrogens is 418 g/mol. The van der Waals surface area contributed by atoms with E-state index in [1.54, 1.807) is 11.3 Å². The first-order chi connectivity index (χ1) is 14.6. The van der Waals surface area contributed by atoms with Crippen molar-refractivity contribution in [3.8, 4) is 5.75 Å². The molecule has 1 amide bonds. The van der Waals surface area contributed by atoms with Gasteiger partial charge in [-0.25, -0.2) is 4.98 Å². The summed E-state index contributed by atoms with van der Waals surface area (Å²) in [7, 11) is 0. The van der Waals surface area contributed by atoms with Gasteiger partial charge in [0.2, 0.25) is 0 Å². The highest BCUT2D eigenvalue weighted by atomic mass is 35.5. The molecule has 1 aliphatic rings. The first kappa shape index (κ1) is 20.9. The Kier molecular flexibility index (Phi) is 6.75. The van der Waals surface area contributed by atoms with Crippen LogP contribution >= 0.6 is 22.9 Å². The van der Waals surface area contributed by atoms with Gasteiger partial charge >= 0.3 is 0 Å². The number of fused-ring (bicyclic) bond motifs is 1. The van der Waals surface area contributed by atoms with Gasteiger partial charge in [0.1, 0.15) is 5.75 Å². The van der Waals surface area contributed by atoms with Crippen LogP contribution in [0.1, 0.15) is 36.5 Å². The van der Waals surface area contributed by atoms with Crippen molar-refractivity contribution in [3.05, 3.63) is 53.1 Å². The van der Waals surface area contributed by atoms with Crippen molar-refractivity contribution in [3.63, 3.8) is 0 Å². The Morgan fingerprint density at radius 3 is 2.77 bits per heavy atom. The minimum atomic E-state index is 0.0599. The minimum Gasteiger partial charge on any atom is -0.494 e. The third-order valence-corrected chi connectivity index (χ3v) is 6.59. The molecule has 0 N–H and O–H groups in total. The Morgan fingerprint density at radius 1 is 1.13 bits per heavy atom. The smallest absolute Gasteiger partial charge is 0.254 e. The molecule has 2 heterocycles. The van der Waals surface area contributed by atoms with Crippen LogP contribution in [0.4, 0.5) is 5.13 Å². The molecule has 30 heavy (non-hydrogen) atoms. The Morgan fingerprint density at radius 2 is 1.97 bits per heavy atom. The number of hydrogen-bond acceptors (Lipinski definition) is 5. The van der Waals surface area contributed by atoms with Gasteiger partial charge in [-0.2, -0.15) is 0 Å². The van der Waals surface area contributed by atoms with E-state index in [0.717, 1.165) is 52.1 Å². The topological polar surface area (TPSA) is 45.7 Å². The number of carbonyl (C=O) groups is 1. The normalized spacial score (nSPS) is 14.3.